The molecular weight excluding hydrogens is 508 g/mol. The number of methoxy groups -OCH3 is 1. The SMILES string of the molecule is COc1ccc(C(Nc2nc3c(ccn3[C@@H]3O[C@H](CO)C[C@H]3O)c(=O)[nH]2)(c2ccccc2)c2ccccc2)cc1. The maximum Gasteiger partial charge on any atom is 0.261 e. The molecule has 6 rings (SSSR count). The molecule has 204 valence electrons. The third-order valence-corrected chi connectivity index (χ3v) is 7.47. The summed E-state index contributed by atoms with van der Waals surface area (Å²) >= 11 is 0. The number of benzene rings is 3. The van der Waals surface area contributed by atoms with E-state index in [1.54, 1.807) is 23.9 Å². The number of aromatic nitrogens is 3. The molecule has 1 saturated heterocycles. The van der Waals surface area contributed by atoms with Crippen LogP contribution in [0.25, 0.3) is 11.0 Å². The molecule has 3 atom stereocenters. The van der Waals surface area contributed by atoms with Gasteiger partial charge in [0, 0.05) is 12.6 Å². The smallest absolute Gasteiger partial charge is 0.261 e. The average molecular weight is 539 g/mol. The minimum absolute atomic E-state index is 0.202. The van der Waals surface area contributed by atoms with Gasteiger partial charge in [-0.15, -0.1) is 0 Å². The Balaban J connectivity index is 1.54. The van der Waals surface area contributed by atoms with Gasteiger partial charge in [-0.25, -0.2) is 0 Å². The van der Waals surface area contributed by atoms with Gasteiger partial charge in [0.25, 0.3) is 5.56 Å². The lowest BCUT2D eigenvalue weighted by atomic mass is 9.77. The molecule has 9 heteroatoms. The highest BCUT2D eigenvalue weighted by Gasteiger charge is 2.38. The Kier molecular flexibility index (Phi) is 6.85. The number of hydrogen-bond donors (Lipinski definition) is 4. The van der Waals surface area contributed by atoms with E-state index in [-0.39, 0.29) is 24.5 Å². The third kappa shape index (κ3) is 4.44. The maximum absolute atomic E-state index is 13.3. The van der Waals surface area contributed by atoms with E-state index in [2.05, 4.69) is 10.3 Å². The number of fused-ring (bicyclic) bond motifs is 1. The molecule has 3 aromatic carbocycles. The summed E-state index contributed by atoms with van der Waals surface area (Å²) in [5.74, 6) is 0.966. The van der Waals surface area contributed by atoms with Crippen LogP contribution in [0.3, 0.4) is 0 Å². The van der Waals surface area contributed by atoms with Crippen molar-refractivity contribution in [1.29, 1.82) is 0 Å². The highest BCUT2D eigenvalue weighted by Crippen LogP contribution is 2.40. The largest absolute Gasteiger partial charge is 0.497 e. The van der Waals surface area contributed by atoms with Crippen LogP contribution in [0.5, 0.6) is 5.75 Å². The van der Waals surface area contributed by atoms with Crippen LogP contribution in [0.2, 0.25) is 0 Å². The predicted molar refractivity (Wildman–Crippen MR) is 151 cm³/mol. The van der Waals surface area contributed by atoms with Crippen molar-refractivity contribution in [3.63, 3.8) is 0 Å². The summed E-state index contributed by atoms with van der Waals surface area (Å²) in [6.07, 6.45) is -0.146. The number of H-pyrrole nitrogens is 1. The first-order valence-electron chi connectivity index (χ1n) is 13.1. The van der Waals surface area contributed by atoms with Crippen molar-refractivity contribution in [2.45, 2.75) is 30.4 Å². The van der Waals surface area contributed by atoms with Crippen LogP contribution in [0.1, 0.15) is 29.3 Å². The number of hydrogen-bond acceptors (Lipinski definition) is 7. The van der Waals surface area contributed by atoms with Gasteiger partial charge in [0.15, 0.2) is 11.9 Å². The van der Waals surface area contributed by atoms with Gasteiger partial charge >= 0.3 is 0 Å². The van der Waals surface area contributed by atoms with Crippen molar-refractivity contribution in [1.82, 2.24) is 14.5 Å². The molecule has 1 fully saturated rings. The van der Waals surface area contributed by atoms with E-state index in [0.717, 1.165) is 22.4 Å². The van der Waals surface area contributed by atoms with E-state index in [1.165, 1.54) is 0 Å². The highest BCUT2D eigenvalue weighted by atomic mass is 16.5. The number of aliphatic hydroxyl groups is 2. The molecule has 5 aromatic rings. The van der Waals surface area contributed by atoms with Gasteiger partial charge in [0.2, 0.25) is 5.95 Å². The number of aliphatic hydroxyl groups excluding tert-OH is 2. The second kappa shape index (κ2) is 10.6. The van der Waals surface area contributed by atoms with E-state index in [4.69, 9.17) is 14.5 Å². The van der Waals surface area contributed by atoms with Crippen molar-refractivity contribution < 1.29 is 19.7 Å². The molecule has 2 aromatic heterocycles. The Bertz CT molecular complexity index is 1610. The first-order chi connectivity index (χ1) is 19.5. The van der Waals surface area contributed by atoms with Crippen LogP contribution in [0.4, 0.5) is 5.95 Å². The van der Waals surface area contributed by atoms with Crippen LogP contribution in [0, 0.1) is 0 Å². The minimum Gasteiger partial charge on any atom is -0.497 e. The topological polar surface area (TPSA) is 122 Å². The van der Waals surface area contributed by atoms with E-state index < -0.39 is 24.0 Å². The van der Waals surface area contributed by atoms with Gasteiger partial charge < -0.3 is 29.6 Å². The number of aromatic amines is 1. The lowest BCUT2D eigenvalue weighted by molar-refractivity contribution is -0.0484. The van der Waals surface area contributed by atoms with Crippen molar-refractivity contribution in [2.24, 2.45) is 0 Å². The van der Waals surface area contributed by atoms with Gasteiger partial charge in [-0.2, -0.15) is 4.98 Å². The van der Waals surface area contributed by atoms with Gasteiger partial charge in [-0.05, 0) is 34.9 Å². The molecule has 1 aliphatic rings. The second-order valence-electron chi connectivity index (χ2n) is 9.84. The van der Waals surface area contributed by atoms with Crippen LogP contribution in [-0.4, -0.2) is 50.7 Å². The first-order valence-corrected chi connectivity index (χ1v) is 13.1. The summed E-state index contributed by atoms with van der Waals surface area (Å²) in [6, 6.07) is 29.3. The summed E-state index contributed by atoms with van der Waals surface area (Å²) in [6.45, 7) is -0.202. The Morgan fingerprint density at radius 1 is 1.00 bits per heavy atom. The maximum atomic E-state index is 13.3. The fourth-order valence-corrected chi connectivity index (χ4v) is 5.52. The summed E-state index contributed by atoms with van der Waals surface area (Å²) in [5, 5.41) is 24.1. The summed E-state index contributed by atoms with van der Waals surface area (Å²) in [7, 11) is 1.63. The normalized spacial score (nSPS) is 19.1. The molecule has 40 heavy (non-hydrogen) atoms. The van der Waals surface area contributed by atoms with E-state index in [0.29, 0.717) is 11.0 Å². The molecule has 0 unspecified atom stereocenters. The van der Waals surface area contributed by atoms with Crippen molar-refractivity contribution in [3.8, 4) is 5.75 Å². The zero-order valence-electron chi connectivity index (χ0n) is 21.9. The summed E-state index contributed by atoms with van der Waals surface area (Å²) in [4.78, 5) is 21.1. The highest BCUT2D eigenvalue weighted by molar-refractivity contribution is 5.76. The Morgan fingerprint density at radius 2 is 1.62 bits per heavy atom. The van der Waals surface area contributed by atoms with Gasteiger partial charge in [0.05, 0.1) is 25.2 Å². The monoisotopic (exact) mass is 538 g/mol. The summed E-state index contributed by atoms with van der Waals surface area (Å²) < 4.78 is 12.9. The molecule has 0 spiro atoms. The molecule has 3 heterocycles. The molecule has 0 amide bonds. The zero-order valence-corrected chi connectivity index (χ0v) is 21.9. The van der Waals surface area contributed by atoms with E-state index >= 15 is 0 Å². The second-order valence-corrected chi connectivity index (χ2v) is 9.84. The van der Waals surface area contributed by atoms with Gasteiger partial charge in [0.1, 0.15) is 17.4 Å². The fourth-order valence-electron chi connectivity index (χ4n) is 5.52. The predicted octanol–water partition coefficient (Wildman–Crippen LogP) is 3.78. The van der Waals surface area contributed by atoms with Crippen molar-refractivity contribution >= 4 is 17.0 Å². The minimum atomic E-state index is -0.943. The zero-order chi connectivity index (χ0) is 27.7. The average Bonchev–Trinajstić information content (AvgIpc) is 3.60. The standard InChI is InChI=1S/C31H30N4O5/c1-39-23-14-12-22(13-15-23)31(20-8-4-2-5-9-20,21-10-6-3-7-11-21)34-30-32-27-25(28(38)33-30)16-17-35(27)29-26(37)18-24(19-36)40-29/h2-17,24,26,29,36-37H,18-19H2,1H3,(H2,32,33,34,38)/t24-,26+,29+/m0/s1. The molecule has 0 aliphatic carbocycles. The molecule has 0 bridgehead atoms. The number of rotatable bonds is 8. The molecule has 0 saturated carbocycles. The Morgan fingerprint density at radius 3 is 2.20 bits per heavy atom. The Labute approximate surface area is 230 Å². The summed E-state index contributed by atoms with van der Waals surface area (Å²) in [5.41, 5.74) is 1.86. The first kappa shape index (κ1) is 25.8. The number of ether oxygens (including phenoxy) is 2. The number of nitrogens with one attached hydrogen (secondary N) is 2. The fraction of sp³-hybridized carbons (Fsp3) is 0.226. The lowest BCUT2D eigenvalue weighted by Gasteiger charge is -2.37. The molecule has 4 N–H and O–H groups in total. The van der Waals surface area contributed by atoms with Crippen LogP contribution in [0.15, 0.2) is 102 Å². The van der Waals surface area contributed by atoms with Gasteiger partial charge in [-0.3, -0.25) is 9.78 Å². The Hall–Kier alpha value is -4.44. The van der Waals surface area contributed by atoms with Crippen LogP contribution < -0.4 is 15.6 Å². The van der Waals surface area contributed by atoms with E-state index in [1.807, 2.05) is 84.9 Å². The lowest BCUT2D eigenvalue weighted by Crippen LogP contribution is -2.39. The third-order valence-electron chi connectivity index (χ3n) is 7.47. The molecule has 1 aliphatic heterocycles. The number of nitrogens with zero attached hydrogens (tertiary/aromatic N) is 2. The molecule has 0 radical (unpaired) electrons. The van der Waals surface area contributed by atoms with Crippen molar-refractivity contribution in [2.75, 3.05) is 19.0 Å². The molecular formula is C31H30N4O5. The van der Waals surface area contributed by atoms with Crippen molar-refractivity contribution in [3.05, 3.63) is 124 Å². The quantitative estimate of drug-likeness (QED) is 0.222. The van der Waals surface area contributed by atoms with Crippen LogP contribution >= 0.6 is 0 Å². The number of anilines is 1. The molecule has 9 nitrogen and oxygen atoms in total. The van der Waals surface area contributed by atoms with E-state index in [9.17, 15) is 15.0 Å². The van der Waals surface area contributed by atoms with Gasteiger partial charge in [-0.1, -0.05) is 72.8 Å². The van der Waals surface area contributed by atoms with Crippen LogP contribution in [-0.2, 0) is 10.3 Å².